The summed E-state index contributed by atoms with van der Waals surface area (Å²) < 4.78 is 5.40. The SMILES string of the molecule is CCOc1ccc(SCC(=O)Nc2ccc(NC(=O)C3CC3)cc2)cc1. The highest BCUT2D eigenvalue weighted by atomic mass is 32.2. The monoisotopic (exact) mass is 370 g/mol. The first-order valence-electron chi connectivity index (χ1n) is 8.70. The Hall–Kier alpha value is -2.47. The molecule has 0 heterocycles. The number of anilines is 2. The van der Waals surface area contributed by atoms with Crippen LogP contribution >= 0.6 is 11.8 Å². The Morgan fingerprint density at radius 1 is 1.00 bits per heavy atom. The highest BCUT2D eigenvalue weighted by Gasteiger charge is 2.29. The van der Waals surface area contributed by atoms with Crippen molar-refractivity contribution >= 4 is 35.0 Å². The van der Waals surface area contributed by atoms with Crippen molar-refractivity contribution in [2.45, 2.75) is 24.7 Å². The molecule has 1 aliphatic rings. The maximum absolute atomic E-state index is 12.1. The molecule has 3 rings (SSSR count). The fourth-order valence-corrected chi connectivity index (χ4v) is 3.07. The summed E-state index contributed by atoms with van der Waals surface area (Å²) in [5, 5.41) is 5.74. The summed E-state index contributed by atoms with van der Waals surface area (Å²) in [5.74, 6) is 1.34. The minimum atomic E-state index is -0.0707. The molecule has 0 atom stereocenters. The number of thioether (sulfide) groups is 1. The maximum Gasteiger partial charge on any atom is 0.234 e. The van der Waals surface area contributed by atoms with Gasteiger partial charge in [0, 0.05) is 22.2 Å². The number of benzene rings is 2. The summed E-state index contributed by atoms with van der Waals surface area (Å²) in [7, 11) is 0. The molecule has 136 valence electrons. The molecule has 26 heavy (non-hydrogen) atoms. The van der Waals surface area contributed by atoms with Gasteiger partial charge in [-0.25, -0.2) is 0 Å². The Balaban J connectivity index is 1.44. The Morgan fingerprint density at radius 2 is 1.62 bits per heavy atom. The molecule has 0 spiro atoms. The van der Waals surface area contributed by atoms with Crippen LogP contribution in [0, 0.1) is 5.92 Å². The molecule has 1 aliphatic carbocycles. The van der Waals surface area contributed by atoms with Gasteiger partial charge in [-0.3, -0.25) is 9.59 Å². The molecule has 0 saturated heterocycles. The van der Waals surface area contributed by atoms with Crippen LogP contribution in [0.2, 0.25) is 0 Å². The first-order valence-corrected chi connectivity index (χ1v) is 9.69. The number of carbonyl (C=O) groups excluding carboxylic acids is 2. The summed E-state index contributed by atoms with van der Waals surface area (Å²) in [5.41, 5.74) is 1.47. The van der Waals surface area contributed by atoms with Crippen molar-refractivity contribution in [3.05, 3.63) is 48.5 Å². The molecule has 0 unspecified atom stereocenters. The van der Waals surface area contributed by atoms with Gasteiger partial charge in [0.1, 0.15) is 5.75 Å². The Bertz CT molecular complexity index is 756. The predicted octanol–water partition coefficient (Wildman–Crippen LogP) is 4.16. The van der Waals surface area contributed by atoms with Crippen LogP contribution in [-0.2, 0) is 9.59 Å². The van der Waals surface area contributed by atoms with Crippen LogP contribution < -0.4 is 15.4 Å². The molecule has 2 aromatic carbocycles. The van der Waals surface area contributed by atoms with Gasteiger partial charge in [0.15, 0.2) is 0 Å². The molecule has 2 aromatic rings. The van der Waals surface area contributed by atoms with Gasteiger partial charge in [-0.2, -0.15) is 0 Å². The third kappa shape index (κ3) is 5.52. The lowest BCUT2D eigenvalue weighted by Crippen LogP contribution is -2.15. The van der Waals surface area contributed by atoms with Gasteiger partial charge in [-0.1, -0.05) is 0 Å². The minimum absolute atomic E-state index is 0.0707. The lowest BCUT2D eigenvalue weighted by atomic mass is 10.2. The zero-order chi connectivity index (χ0) is 18.4. The fraction of sp³-hybridized carbons (Fsp3) is 0.300. The van der Waals surface area contributed by atoms with Gasteiger partial charge in [0.2, 0.25) is 11.8 Å². The molecule has 2 N–H and O–H groups in total. The second-order valence-corrected chi connectivity index (χ2v) is 7.13. The van der Waals surface area contributed by atoms with E-state index < -0.39 is 0 Å². The van der Waals surface area contributed by atoms with Crippen LogP contribution in [0.3, 0.4) is 0 Å². The molecule has 1 fully saturated rings. The number of hydrogen-bond donors (Lipinski definition) is 2. The summed E-state index contributed by atoms with van der Waals surface area (Å²) in [6.45, 7) is 2.58. The standard InChI is InChI=1S/C20H22N2O3S/c1-2-25-17-9-11-18(12-10-17)26-13-19(23)21-15-5-7-16(8-6-15)22-20(24)14-3-4-14/h5-12,14H,2-4,13H2,1H3,(H,21,23)(H,22,24). The van der Waals surface area contributed by atoms with Crippen molar-refractivity contribution in [2.75, 3.05) is 23.0 Å². The summed E-state index contributed by atoms with van der Waals surface area (Å²) in [4.78, 5) is 24.8. The first-order chi connectivity index (χ1) is 12.6. The van der Waals surface area contributed by atoms with Gasteiger partial charge in [-0.05, 0) is 68.3 Å². The van der Waals surface area contributed by atoms with Crippen molar-refractivity contribution < 1.29 is 14.3 Å². The van der Waals surface area contributed by atoms with E-state index in [9.17, 15) is 9.59 Å². The average molecular weight is 370 g/mol. The molecule has 0 bridgehead atoms. The Kier molecular flexibility index (Phi) is 6.17. The van der Waals surface area contributed by atoms with Gasteiger partial charge in [-0.15, -0.1) is 11.8 Å². The number of nitrogens with one attached hydrogen (secondary N) is 2. The fourth-order valence-electron chi connectivity index (χ4n) is 2.37. The highest BCUT2D eigenvalue weighted by molar-refractivity contribution is 8.00. The highest BCUT2D eigenvalue weighted by Crippen LogP contribution is 2.30. The van der Waals surface area contributed by atoms with E-state index in [4.69, 9.17) is 4.74 Å². The van der Waals surface area contributed by atoms with Gasteiger partial charge >= 0.3 is 0 Å². The molecule has 1 saturated carbocycles. The Labute approximate surface area is 157 Å². The third-order valence-electron chi connectivity index (χ3n) is 3.89. The summed E-state index contributed by atoms with van der Waals surface area (Å²) in [6.07, 6.45) is 1.96. The van der Waals surface area contributed by atoms with Crippen molar-refractivity contribution in [3.63, 3.8) is 0 Å². The zero-order valence-corrected chi connectivity index (χ0v) is 15.5. The van der Waals surface area contributed by atoms with Crippen LogP contribution in [0.25, 0.3) is 0 Å². The van der Waals surface area contributed by atoms with Crippen LogP contribution in [0.1, 0.15) is 19.8 Å². The first kappa shape index (κ1) is 18.3. The van der Waals surface area contributed by atoms with E-state index in [-0.39, 0.29) is 17.7 Å². The van der Waals surface area contributed by atoms with Crippen molar-refractivity contribution in [3.8, 4) is 5.75 Å². The van der Waals surface area contributed by atoms with Gasteiger partial charge < -0.3 is 15.4 Å². The normalized spacial score (nSPS) is 13.1. The van der Waals surface area contributed by atoms with Crippen LogP contribution in [-0.4, -0.2) is 24.2 Å². The van der Waals surface area contributed by atoms with Crippen molar-refractivity contribution in [1.82, 2.24) is 0 Å². The smallest absolute Gasteiger partial charge is 0.234 e. The van der Waals surface area contributed by atoms with E-state index >= 15 is 0 Å². The van der Waals surface area contributed by atoms with Crippen LogP contribution in [0.4, 0.5) is 11.4 Å². The molecule has 0 radical (unpaired) electrons. The molecule has 5 nitrogen and oxygen atoms in total. The van der Waals surface area contributed by atoms with Crippen molar-refractivity contribution in [1.29, 1.82) is 0 Å². The number of hydrogen-bond acceptors (Lipinski definition) is 4. The molecule has 6 heteroatoms. The molecule has 0 aromatic heterocycles. The second-order valence-electron chi connectivity index (χ2n) is 6.08. The summed E-state index contributed by atoms with van der Waals surface area (Å²) >= 11 is 1.47. The molecular weight excluding hydrogens is 348 g/mol. The lowest BCUT2D eigenvalue weighted by molar-refractivity contribution is -0.117. The van der Waals surface area contributed by atoms with Gasteiger partial charge in [0.25, 0.3) is 0 Å². The number of ether oxygens (including phenoxy) is 1. The number of rotatable bonds is 8. The zero-order valence-electron chi connectivity index (χ0n) is 14.7. The minimum Gasteiger partial charge on any atom is -0.494 e. The van der Waals surface area contributed by atoms with Gasteiger partial charge in [0.05, 0.1) is 12.4 Å². The van der Waals surface area contributed by atoms with E-state index in [2.05, 4.69) is 10.6 Å². The molecular formula is C20H22N2O3S. The maximum atomic E-state index is 12.1. The lowest BCUT2D eigenvalue weighted by Gasteiger charge is -2.08. The largest absolute Gasteiger partial charge is 0.494 e. The number of amides is 2. The van der Waals surface area contributed by atoms with E-state index in [1.165, 1.54) is 11.8 Å². The molecule has 2 amide bonds. The quantitative estimate of drug-likeness (QED) is 0.685. The van der Waals surface area contributed by atoms with E-state index in [0.717, 1.165) is 29.2 Å². The topological polar surface area (TPSA) is 67.4 Å². The predicted molar refractivity (Wildman–Crippen MR) is 105 cm³/mol. The second kappa shape index (κ2) is 8.76. The Morgan fingerprint density at radius 3 is 2.19 bits per heavy atom. The van der Waals surface area contributed by atoms with Crippen LogP contribution in [0.15, 0.2) is 53.4 Å². The van der Waals surface area contributed by atoms with E-state index in [1.54, 1.807) is 24.3 Å². The summed E-state index contributed by atoms with van der Waals surface area (Å²) in [6, 6.07) is 14.9. The molecule has 0 aliphatic heterocycles. The number of carbonyl (C=O) groups is 2. The van der Waals surface area contributed by atoms with Crippen molar-refractivity contribution in [2.24, 2.45) is 5.92 Å². The third-order valence-corrected chi connectivity index (χ3v) is 4.90. The van der Waals surface area contributed by atoms with E-state index in [0.29, 0.717) is 18.0 Å². The van der Waals surface area contributed by atoms with E-state index in [1.807, 2.05) is 31.2 Å². The average Bonchev–Trinajstić information content (AvgIpc) is 3.48. The van der Waals surface area contributed by atoms with Crippen LogP contribution in [0.5, 0.6) is 5.75 Å².